The summed E-state index contributed by atoms with van der Waals surface area (Å²) in [6, 6.07) is 5.79. The topological polar surface area (TPSA) is 57.2 Å². The molecule has 1 heterocycles. The fourth-order valence-corrected chi connectivity index (χ4v) is 2.20. The summed E-state index contributed by atoms with van der Waals surface area (Å²) in [5.41, 5.74) is 7.12. The highest BCUT2D eigenvalue weighted by atomic mass is 79.9. The van der Waals surface area contributed by atoms with E-state index in [9.17, 15) is 9.18 Å². The molecule has 1 aromatic heterocycles. The highest BCUT2D eigenvalue weighted by Crippen LogP contribution is 2.20. The third kappa shape index (κ3) is 3.19. The Morgan fingerprint density at radius 2 is 2.20 bits per heavy atom. The minimum Gasteiger partial charge on any atom is -0.456 e. The predicted molar refractivity (Wildman–Crippen MR) is 77.7 cm³/mol. The molecular formula is C14H14BrFN2O2. The number of nitrogens with two attached hydrogens (primary N) is 1. The lowest BCUT2D eigenvalue weighted by atomic mass is 10.2. The molecule has 20 heavy (non-hydrogen) atoms. The van der Waals surface area contributed by atoms with Gasteiger partial charge in [-0.2, -0.15) is 0 Å². The molecule has 1 aromatic carbocycles. The molecule has 6 heteroatoms. The molecule has 0 aliphatic heterocycles. The molecule has 0 spiro atoms. The van der Waals surface area contributed by atoms with Crippen LogP contribution in [0.5, 0.6) is 0 Å². The van der Waals surface area contributed by atoms with Gasteiger partial charge in [-0.25, -0.2) is 9.18 Å². The van der Waals surface area contributed by atoms with Gasteiger partial charge in [0.15, 0.2) is 0 Å². The van der Waals surface area contributed by atoms with E-state index >= 15 is 0 Å². The first-order valence-corrected chi connectivity index (χ1v) is 6.87. The van der Waals surface area contributed by atoms with Crippen LogP contribution in [0.2, 0.25) is 0 Å². The largest absolute Gasteiger partial charge is 0.456 e. The van der Waals surface area contributed by atoms with E-state index in [1.807, 2.05) is 6.92 Å². The summed E-state index contributed by atoms with van der Waals surface area (Å²) >= 11 is 3.29. The first-order valence-electron chi connectivity index (χ1n) is 6.08. The number of nitrogens with zero attached hydrogens (tertiary/aromatic N) is 1. The van der Waals surface area contributed by atoms with Gasteiger partial charge in [0, 0.05) is 22.8 Å². The lowest BCUT2D eigenvalue weighted by Gasteiger charge is -2.08. The molecule has 0 radical (unpaired) electrons. The number of ether oxygens (including phenoxy) is 1. The van der Waals surface area contributed by atoms with E-state index in [4.69, 9.17) is 10.5 Å². The number of carbonyl (C=O) groups excluding carboxylic acids is 1. The second-order valence-electron chi connectivity index (χ2n) is 4.26. The van der Waals surface area contributed by atoms with Crippen LogP contribution >= 0.6 is 15.9 Å². The van der Waals surface area contributed by atoms with Crippen molar-refractivity contribution in [2.24, 2.45) is 0 Å². The Balaban J connectivity index is 2.10. The van der Waals surface area contributed by atoms with Crippen molar-refractivity contribution in [2.45, 2.75) is 20.1 Å². The van der Waals surface area contributed by atoms with Gasteiger partial charge in [0.05, 0.1) is 5.69 Å². The zero-order chi connectivity index (χ0) is 14.7. The van der Waals surface area contributed by atoms with E-state index in [-0.39, 0.29) is 12.4 Å². The number of esters is 1. The van der Waals surface area contributed by atoms with Crippen LogP contribution in [-0.2, 0) is 17.9 Å². The number of halogens is 2. The molecule has 2 aromatic rings. The van der Waals surface area contributed by atoms with E-state index in [0.717, 1.165) is 0 Å². The van der Waals surface area contributed by atoms with Crippen LogP contribution < -0.4 is 5.73 Å². The van der Waals surface area contributed by atoms with E-state index in [2.05, 4.69) is 15.9 Å². The molecule has 0 fully saturated rings. The quantitative estimate of drug-likeness (QED) is 0.868. The molecule has 0 aliphatic carbocycles. The van der Waals surface area contributed by atoms with Gasteiger partial charge in [-0.1, -0.05) is 15.9 Å². The van der Waals surface area contributed by atoms with Crippen LogP contribution in [-0.4, -0.2) is 10.5 Å². The molecule has 2 rings (SSSR count). The van der Waals surface area contributed by atoms with Gasteiger partial charge in [-0.05, 0) is 31.2 Å². The van der Waals surface area contributed by atoms with Gasteiger partial charge in [-0.15, -0.1) is 0 Å². The Morgan fingerprint density at radius 3 is 2.90 bits per heavy atom. The van der Waals surface area contributed by atoms with E-state index < -0.39 is 5.97 Å². The zero-order valence-electron chi connectivity index (χ0n) is 10.9. The minimum absolute atomic E-state index is 0.00796. The molecule has 0 saturated carbocycles. The van der Waals surface area contributed by atoms with E-state index in [1.165, 1.54) is 12.1 Å². The fraction of sp³-hybridized carbons (Fsp3) is 0.214. The van der Waals surface area contributed by atoms with Crippen LogP contribution in [0.4, 0.5) is 10.1 Å². The Hall–Kier alpha value is -1.82. The normalized spacial score (nSPS) is 10.6. The molecule has 0 aliphatic rings. The van der Waals surface area contributed by atoms with E-state index in [1.54, 1.807) is 22.9 Å². The lowest BCUT2D eigenvalue weighted by molar-refractivity contribution is 0.0459. The third-order valence-corrected chi connectivity index (χ3v) is 3.61. The number of hydrogen-bond acceptors (Lipinski definition) is 3. The summed E-state index contributed by atoms with van der Waals surface area (Å²) in [6.45, 7) is 2.51. The summed E-state index contributed by atoms with van der Waals surface area (Å²) in [5.74, 6) is -0.861. The highest BCUT2D eigenvalue weighted by molar-refractivity contribution is 9.10. The van der Waals surface area contributed by atoms with Crippen molar-refractivity contribution >= 4 is 27.6 Å². The van der Waals surface area contributed by atoms with Crippen molar-refractivity contribution in [1.82, 2.24) is 4.57 Å². The molecule has 0 unspecified atom stereocenters. The van der Waals surface area contributed by atoms with Gasteiger partial charge in [0.1, 0.15) is 18.1 Å². The van der Waals surface area contributed by atoms with E-state index in [0.29, 0.717) is 28.0 Å². The van der Waals surface area contributed by atoms with Gasteiger partial charge < -0.3 is 15.0 Å². The summed E-state index contributed by atoms with van der Waals surface area (Å²) in [4.78, 5) is 12.0. The van der Waals surface area contributed by atoms with Crippen molar-refractivity contribution in [3.05, 3.63) is 52.0 Å². The fourth-order valence-electron chi connectivity index (χ4n) is 1.84. The molecule has 0 amide bonds. The molecule has 0 atom stereocenters. The lowest BCUT2D eigenvalue weighted by Crippen LogP contribution is -2.11. The van der Waals surface area contributed by atoms with Crippen LogP contribution in [0.1, 0.15) is 23.0 Å². The maximum absolute atomic E-state index is 13.1. The second kappa shape index (κ2) is 6.09. The Labute approximate surface area is 124 Å². The number of rotatable bonds is 4. The molecular weight excluding hydrogens is 327 g/mol. The first-order chi connectivity index (χ1) is 9.51. The monoisotopic (exact) mass is 340 g/mol. The summed E-state index contributed by atoms with van der Waals surface area (Å²) in [7, 11) is 0. The van der Waals surface area contributed by atoms with Crippen LogP contribution in [0.25, 0.3) is 0 Å². The van der Waals surface area contributed by atoms with Gasteiger partial charge in [0.2, 0.25) is 0 Å². The zero-order valence-corrected chi connectivity index (χ0v) is 12.5. The van der Waals surface area contributed by atoms with Crippen LogP contribution in [0, 0.1) is 5.82 Å². The summed E-state index contributed by atoms with van der Waals surface area (Å²) in [5, 5.41) is 0. The van der Waals surface area contributed by atoms with Crippen molar-refractivity contribution in [2.75, 3.05) is 5.73 Å². The average Bonchev–Trinajstić information content (AvgIpc) is 2.80. The molecule has 0 bridgehead atoms. The van der Waals surface area contributed by atoms with Crippen molar-refractivity contribution < 1.29 is 13.9 Å². The number of aryl methyl sites for hydroxylation is 1. The Kier molecular flexibility index (Phi) is 4.44. The molecule has 0 saturated heterocycles. The molecule has 106 valence electrons. The first kappa shape index (κ1) is 14.6. The van der Waals surface area contributed by atoms with Crippen molar-refractivity contribution in [3.63, 3.8) is 0 Å². The molecule has 2 N–H and O–H groups in total. The number of anilines is 1. The summed E-state index contributed by atoms with van der Waals surface area (Å²) < 4.78 is 20.7. The Bertz CT molecular complexity index is 640. The average molecular weight is 341 g/mol. The van der Waals surface area contributed by atoms with Gasteiger partial charge in [-0.3, -0.25) is 0 Å². The number of carbonyl (C=O) groups is 1. The highest BCUT2D eigenvalue weighted by Gasteiger charge is 2.14. The van der Waals surface area contributed by atoms with Crippen LogP contribution in [0.15, 0.2) is 34.9 Å². The number of nitrogen functional groups attached to an aromatic ring is 1. The maximum Gasteiger partial charge on any atom is 0.355 e. The predicted octanol–water partition coefficient (Wildman–Crippen LogP) is 3.35. The third-order valence-electron chi connectivity index (χ3n) is 2.83. The standard InChI is InChI=1S/C14H14BrFN2O2/c1-2-18-7-11(17)6-13(18)14(19)20-8-9-5-10(16)3-4-12(9)15/h3-7H,2,8,17H2,1H3. The van der Waals surface area contributed by atoms with Gasteiger partial charge in [0.25, 0.3) is 0 Å². The SMILES string of the molecule is CCn1cc(N)cc1C(=O)OCc1cc(F)ccc1Br. The van der Waals surface area contributed by atoms with Crippen molar-refractivity contribution in [1.29, 1.82) is 0 Å². The number of benzene rings is 1. The van der Waals surface area contributed by atoms with Crippen LogP contribution in [0.3, 0.4) is 0 Å². The van der Waals surface area contributed by atoms with Crippen molar-refractivity contribution in [3.8, 4) is 0 Å². The Morgan fingerprint density at radius 1 is 1.45 bits per heavy atom. The second-order valence-corrected chi connectivity index (χ2v) is 5.11. The molecule has 4 nitrogen and oxygen atoms in total. The maximum atomic E-state index is 13.1. The summed E-state index contributed by atoms with van der Waals surface area (Å²) in [6.07, 6.45) is 1.68. The smallest absolute Gasteiger partial charge is 0.355 e. The number of hydrogen-bond donors (Lipinski definition) is 1. The number of aromatic nitrogens is 1. The minimum atomic E-state index is -0.486. The van der Waals surface area contributed by atoms with Gasteiger partial charge >= 0.3 is 5.97 Å².